The number of carbonyl (C=O) groups excluding carboxylic acids is 1. The van der Waals surface area contributed by atoms with Crippen LogP contribution in [0.5, 0.6) is 0 Å². The minimum atomic E-state index is -0.479. The van der Waals surface area contributed by atoms with E-state index in [9.17, 15) is 9.90 Å². The van der Waals surface area contributed by atoms with Crippen molar-refractivity contribution in [2.75, 3.05) is 6.54 Å². The van der Waals surface area contributed by atoms with E-state index in [-0.39, 0.29) is 24.2 Å². The number of aliphatic hydroxyl groups is 1. The molecule has 0 radical (unpaired) electrons. The number of piperidine rings is 1. The van der Waals surface area contributed by atoms with Crippen molar-refractivity contribution in [2.45, 2.75) is 97.8 Å². The maximum absolute atomic E-state index is 12.6. The molecule has 136 valence electrons. The van der Waals surface area contributed by atoms with E-state index in [2.05, 4.69) is 20.8 Å². The fourth-order valence-electron chi connectivity index (χ4n) is 3.71. The average Bonchev–Trinajstić information content (AvgIpc) is 2.46. The molecule has 1 saturated heterocycles. The van der Waals surface area contributed by atoms with Crippen LogP contribution < -0.4 is 0 Å². The van der Waals surface area contributed by atoms with Crippen LogP contribution in [0.2, 0.25) is 0 Å². The van der Waals surface area contributed by atoms with Crippen molar-refractivity contribution in [3.8, 4) is 0 Å². The minimum absolute atomic E-state index is 0.0927. The molecule has 1 amide bonds. The molecule has 23 heavy (non-hydrogen) atoms. The Kier molecular flexibility index (Phi) is 7.85. The highest BCUT2D eigenvalue weighted by Gasteiger charge is 2.39. The number of likely N-dealkylation sites (tertiary alicyclic amines) is 1. The molecule has 0 saturated carbocycles. The molecule has 1 aliphatic rings. The first-order chi connectivity index (χ1) is 10.7. The van der Waals surface area contributed by atoms with Crippen LogP contribution in [0.1, 0.15) is 80.1 Å². The van der Waals surface area contributed by atoms with Crippen molar-refractivity contribution in [1.29, 1.82) is 0 Å². The van der Waals surface area contributed by atoms with Crippen LogP contribution in [0, 0.1) is 11.8 Å². The van der Waals surface area contributed by atoms with Gasteiger partial charge in [0.15, 0.2) is 0 Å². The lowest BCUT2D eigenvalue weighted by Gasteiger charge is -2.44. The van der Waals surface area contributed by atoms with Crippen molar-refractivity contribution >= 4 is 6.09 Å². The number of nitrogens with zero attached hydrogens (tertiary/aromatic N) is 1. The summed E-state index contributed by atoms with van der Waals surface area (Å²) in [5.41, 5.74) is -0.479. The first kappa shape index (κ1) is 20.3. The second kappa shape index (κ2) is 8.91. The zero-order chi connectivity index (χ0) is 17.6. The van der Waals surface area contributed by atoms with Gasteiger partial charge in [0.25, 0.3) is 0 Å². The standard InChI is InChI=1S/C19H37NO3/c1-7-10-17(21)15(9-3)16-13-14(8-2)11-12-20(16)18(22)23-19(4,5)6/h14-17,21H,7-13H2,1-6H3. The van der Waals surface area contributed by atoms with Crippen LogP contribution in [0.4, 0.5) is 4.79 Å². The second-order valence-electron chi connectivity index (χ2n) is 7.97. The Labute approximate surface area is 142 Å². The van der Waals surface area contributed by atoms with E-state index in [1.54, 1.807) is 0 Å². The highest BCUT2D eigenvalue weighted by Crippen LogP contribution is 2.34. The van der Waals surface area contributed by atoms with Crippen molar-refractivity contribution in [3.05, 3.63) is 0 Å². The van der Waals surface area contributed by atoms with Crippen LogP contribution >= 0.6 is 0 Å². The fraction of sp³-hybridized carbons (Fsp3) is 0.947. The summed E-state index contributed by atoms with van der Waals surface area (Å²) < 4.78 is 5.62. The van der Waals surface area contributed by atoms with Gasteiger partial charge in [-0.15, -0.1) is 0 Å². The van der Waals surface area contributed by atoms with Crippen molar-refractivity contribution in [3.63, 3.8) is 0 Å². The number of carbonyl (C=O) groups is 1. The van der Waals surface area contributed by atoms with Gasteiger partial charge in [-0.1, -0.05) is 33.6 Å². The van der Waals surface area contributed by atoms with Crippen LogP contribution in [-0.4, -0.2) is 40.4 Å². The van der Waals surface area contributed by atoms with E-state index in [4.69, 9.17) is 4.74 Å². The molecular formula is C19H37NO3. The third-order valence-electron chi connectivity index (χ3n) is 5.00. The molecule has 0 aliphatic carbocycles. The van der Waals surface area contributed by atoms with E-state index in [0.29, 0.717) is 5.92 Å². The van der Waals surface area contributed by atoms with E-state index in [1.165, 1.54) is 0 Å². The van der Waals surface area contributed by atoms with Crippen molar-refractivity contribution in [1.82, 2.24) is 4.90 Å². The summed E-state index contributed by atoms with van der Waals surface area (Å²) in [5, 5.41) is 10.6. The maximum atomic E-state index is 12.6. The summed E-state index contributed by atoms with van der Waals surface area (Å²) in [4.78, 5) is 14.5. The summed E-state index contributed by atoms with van der Waals surface area (Å²) in [6.07, 6.45) is 5.25. The van der Waals surface area contributed by atoms with Crippen LogP contribution in [0.3, 0.4) is 0 Å². The molecule has 0 aromatic rings. The minimum Gasteiger partial charge on any atom is -0.444 e. The third kappa shape index (κ3) is 5.98. The summed E-state index contributed by atoms with van der Waals surface area (Å²) in [5.74, 6) is 0.776. The van der Waals surface area contributed by atoms with E-state index in [0.717, 1.165) is 45.1 Å². The Morgan fingerprint density at radius 2 is 1.96 bits per heavy atom. The van der Waals surface area contributed by atoms with Gasteiger partial charge in [0, 0.05) is 18.5 Å². The normalized spacial score (nSPS) is 25.1. The summed E-state index contributed by atoms with van der Waals surface area (Å²) in [6.45, 7) is 12.9. The first-order valence-corrected chi connectivity index (χ1v) is 9.41. The highest BCUT2D eigenvalue weighted by molar-refractivity contribution is 5.68. The number of amides is 1. The van der Waals surface area contributed by atoms with Crippen LogP contribution in [-0.2, 0) is 4.74 Å². The van der Waals surface area contributed by atoms with Gasteiger partial charge in [-0.2, -0.15) is 0 Å². The molecular weight excluding hydrogens is 290 g/mol. The SMILES string of the molecule is CCCC(O)C(CC)C1CC(CC)CCN1C(=O)OC(C)(C)C. The predicted octanol–water partition coefficient (Wildman–Crippen LogP) is 4.60. The fourth-order valence-corrected chi connectivity index (χ4v) is 3.71. The second-order valence-corrected chi connectivity index (χ2v) is 7.97. The van der Waals surface area contributed by atoms with Gasteiger partial charge in [-0.05, 0) is 52.4 Å². The van der Waals surface area contributed by atoms with Crippen molar-refractivity contribution < 1.29 is 14.6 Å². The molecule has 4 nitrogen and oxygen atoms in total. The topological polar surface area (TPSA) is 49.8 Å². The summed E-state index contributed by atoms with van der Waals surface area (Å²) in [6, 6.07) is 0.0927. The molecule has 1 heterocycles. The molecule has 1 N–H and O–H groups in total. The molecule has 0 aromatic carbocycles. The van der Waals surface area contributed by atoms with Gasteiger partial charge in [0.05, 0.1) is 6.10 Å². The number of hydrogen-bond donors (Lipinski definition) is 1. The third-order valence-corrected chi connectivity index (χ3v) is 5.00. The highest BCUT2D eigenvalue weighted by atomic mass is 16.6. The average molecular weight is 328 g/mol. The monoisotopic (exact) mass is 327 g/mol. The number of hydrogen-bond acceptors (Lipinski definition) is 3. The Hall–Kier alpha value is -0.770. The molecule has 1 rings (SSSR count). The Morgan fingerprint density at radius 3 is 2.43 bits per heavy atom. The molecule has 1 aliphatic heterocycles. The molecule has 4 atom stereocenters. The van der Waals surface area contributed by atoms with Gasteiger partial charge in [0.1, 0.15) is 5.60 Å². The summed E-state index contributed by atoms with van der Waals surface area (Å²) in [7, 11) is 0. The maximum Gasteiger partial charge on any atom is 0.410 e. The van der Waals surface area contributed by atoms with Crippen LogP contribution in [0.25, 0.3) is 0 Å². The molecule has 0 bridgehead atoms. The number of ether oxygens (including phenoxy) is 1. The zero-order valence-corrected chi connectivity index (χ0v) is 16.0. The lowest BCUT2D eigenvalue weighted by molar-refractivity contribution is -0.0270. The largest absolute Gasteiger partial charge is 0.444 e. The quantitative estimate of drug-likeness (QED) is 0.775. The van der Waals surface area contributed by atoms with Gasteiger partial charge in [0.2, 0.25) is 0 Å². The molecule has 1 fully saturated rings. The van der Waals surface area contributed by atoms with Gasteiger partial charge < -0.3 is 14.7 Å². The zero-order valence-electron chi connectivity index (χ0n) is 16.0. The van der Waals surface area contributed by atoms with Crippen LogP contribution in [0.15, 0.2) is 0 Å². The number of aliphatic hydroxyl groups excluding tert-OH is 1. The molecule has 0 spiro atoms. The predicted molar refractivity (Wildman–Crippen MR) is 94.4 cm³/mol. The lowest BCUT2D eigenvalue weighted by Crippen LogP contribution is -2.53. The number of rotatable bonds is 6. The van der Waals surface area contributed by atoms with Gasteiger partial charge in [-0.3, -0.25) is 0 Å². The summed E-state index contributed by atoms with van der Waals surface area (Å²) >= 11 is 0. The van der Waals surface area contributed by atoms with E-state index < -0.39 is 5.60 Å². The van der Waals surface area contributed by atoms with Gasteiger partial charge >= 0.3 is 6.09 Å². The smallest absolute Gasteiger partial charge is 0.410 e. The van der Waals surface area contributed by atoms with E-state index >= 15 is 0 Å². The first-order valence-electron chi connectivity index (χ1n) is 9.41. The Morgan fingerprint density at radius 1 is 1.30 bits per heavy atom. The lowest BCUT2D eigenvalue weighted by atomic mass is 9.79. The van der Waals surface area contributed by atoms with Gasteiger partial charge in [-0.25, -0.2) is 4.79 Å². The van der Waals surface area contributed by atoms with E-state index in [1.807, 2.05) is 25.7 Å². The molecule has 0 aromatic heterocycles. The van der Waals surface area contributed by atoms with Crippen molar-refractivity contribution in [2.24, 2.45) is 11.8 Å². The Bertz CT molecular complexity index is 364. The molecule has 4 heteroatoms. The molecule has 4 unspecified atom stereocenters. The Balaban J connectivity index is 2.94.